The van der Waals surface area contributed by atoms with Crippen LogP contribution in [0.3, 0.4) is 0 Å². The van der Waals surface area contributed by atoms with Crippen LogP contribution in [0.25, 0.3) is 11.1 Å². The van der Waals surface area contributed by atoms with Gasteiger partial charge in [0.15, 0.2) is 6.29 Å². The highest BCUT2D eigenvalue weighted by molar-refractivity contribution is 7.99. The van der Waals surface area contributed by atoms with E-state index in [1.165, 1.54) is 6.92 Å². The lowest BCUT2D eigenvalue weighted by Crippen LogP contribution is -2.31. The van der Waals surface area contributed by atoms with E-state index in [9.17, 15) is 9.90 Å². The smallest absolute Gasteiger partial charge is 0.217 e. The lowest BCUT2D eigenvalue weighted by atomic mass is 9.99. The first kappa shape index (κ1) is 27.0. The van der Waals surface area contributed by atoms with Gasteiger partial charge in [-0.1, -0.05) is 78.5 Å². The summed E-state index contributed by atoms with van der Waals surface area (Å²) in [6.45, 7) is 2.02. The number of carbonyl (C=O) groups excluding carboxylic acids is 1. The molecule has 0 radical (unpaired) electrons. The van der Waals surface area contributed by atoms with Gasteiger partial charge in [-0.2, -0.15) is 0 Å². The number of hydrogen-bond acceptors (Lipinski definition) is 8. The Hall–Kier alpha value is -3.57. The zero-order valence-corrected chi connectivity index (χ0v) is 22.7. The van der Waals surface area contributed by atoms with Gasteiger partial charge < -0.3 is 19.9 Å². The number of ether oxygens (including phenoxy) is 2. The van der Waals surface area contributed by atoms with Gasteiger partial charge in [0.05, 0.1) is 18.8 Å². The molecule has 2 heterocycles. The van der Waals surface area contributed by atoms with Gasteiger partial charge in [-0.15, -0.1) is 5.10 Å². The SMILES string of the molecule is CC(=O)NCc1cccc(-c2ccc([C@H]3O[C@@H](CSc4nnnn4C)C[C@@H](c4ccc(CO)cc4)O3)cc2)c1. The molecule has 3 atom stereocenters. The molecule has 1 aliphatic rings. The van der Waals surface area contributed by atoms with Crippen molar-refractivity contribution in [3.63, 3.8) is 0 Å². The molecule has 1 fully saturated rings. The molecular formula is C29H31N5O4S. The molecule has 0 saturated carbocycles. The maximum absolute atomic E-state index is 11.3. The Kier molecular flexibility index (Phi) is 8.67. The molecule has 1 aromatic heterocycles. The Balaban J connectivity index is 1.34. The second-order valence-corrected chi connectivity index (χ2v) is 10.5. The maximum atomic E-state index is 11.3. The summed E-state index contributed by atoms with van der Waals surface area (Å²) >= 11 is 1.55. The van der Waals surface area contributed by atoms with Crippen LogP contribution in [0.15, 0.2) is 78.0 Å². The Morgan fingerprint density at radius 3 is 2.49 bits per heavy atom. The van der Waals surface area contributed by atoms with Crippen LogP contribution >= 0.6 is 11.8 Å². The minimum Gasteiger partial charge on any atom is -0.392 e. The molecule has 9 nitrogen and oxygen atoms in total. The highest BCUT2D eigenvalue weighted by atomic mass is 32.2. The summed E-state index contributed by atoms with van der Waals surface area (Å²) in [4.78, 5) is 11.3. The number of aryl methyl sites for hydroxylation is 1. The first-order valence-electron chi connectivity index (χ1n) is 12.8. The number of aliphatic hydroxyl groups excluding tert-OH is 1. The molecule has 4 aromatic rings. The summed E-state index contributed by atoms with van der Waals surface area (Å²) in [5.74, 6) is 0.628. The van der Waals surface area contributed by atoms with Crippen LogP contribution in [0.5, 0.6) is 0 Å². The van der Waals surface area contributed by atoms with E-state index in [1.54, 1.807) is 16.4 Å². The van der Waals surface area contributed by atoms with E-state index in [1.807, 2.05) is 55.6 Å². The lowest BCUT2D eigenvalue weighted by Gasteiger charge is -2.36. The van der Waals surface area contributed by atoms with E-state index in [0.29, 0.717) is 18.7 Å². The third-order valence-electron chi connectivity index (χ3n) is 6.58. The molecule has 1 aliphatic heterocycles. The van der Waals surface area contributed by atoms with E-state index < -0.39 is 6.29 Å². The summed E-state index contributed by atoms with van der Waals surface area (Å²) in [5.41, 5.74) is 6.02. The van der Waals surface area contributed by atoms with Crippen LogP contribution in [0, 0.1) is 0 Å². The topological polar surface area (TPSA) is 111 Å². The van der Waals surface area contributed by atoms with Crippen LogP contribution in [0.4, 0.5) is 0 Å². The number of amides is 1. The van der Waals surface area contributed by atoms with Crippen LogP contribution in [-0.2, 0) is 34.5 Å². The van der Waals surface area contributed by atoms with Crippen LogP contribution in [-0.4, -0.2) is 43.1 Å². The number of carbonyl (C=O) groups is 1. The van der Waals surface area contributed by atoms with Crippen LogP contribution < -0.4 is 5.32 Å². The Morgan fingerprint density at radius 2 is 1.79 bits per heavy atom. The van der Waals surface area contributed by atoms with Crippen molar-refractivity contribution in [3.05, 3.63) is 95.1 Å². The molecule has 3 aromatic carbocycles. The van der Waals surface area contributed by atoms with Gasteiger partial charge in [-0.25, -0.2) is 4.68 Å². The maximum Gasteiger partial charge on any atom is 0.217 e. The molecule has 5 rings (SSSR count). The summed E-state index contributed by atoms with van der Waals surface area (Å²) in [6, 6.07) is 24.2. The van der Waals surface area contributed by atoms with Crippen molar-refractivity contribution in [1.82, 2.24) is 25.5 Å². The molecule has 10 heteroatoms. The number of benzene rings is 3. The predicted octanol–water partition coefficient (Wildman–Crippen LogP) is 4.34. The van der Waals surface area contributed by atoms with E-state index in [0.717, 1.165) is 38.5 Å². The van der Waals surface area contributed by atoms with Gasteiger partial charge in [0.2, 0.25) is 11.1 Å². The van der Waals surface area contributed by atoms with Crippen molar-refractivity contribution in [2.75, 3.05) is 5.75 Å². The molecule has 39 heavy (non-hydrogen) atoms. The molecular weight excluding hydrogens is 514 g/mol. The number of aromatic nitrogens is 4. The average Bonchev–Trinajstić information content (AvgIpc) is 3.39. The van der Waals surface area contributed by atoms with E-state index in [4.69, 9.17) is 9.47 Å². The standard InChI is InChI=1S/C29H31N5O4S/c1-19(36)30-16-21-4-3-5-25(14-21)22-10-12-24(13-11-22)28-37-26(18-39-29-31-32-33-34(29)2)15-27(38-28)23-8-6-20(17-35)7-9-23/h3-14,26-28,35H,15-18H2,1-2H3,(H,30,36)/t26-,27+,28+/m1/s1. The third kappa shape index (κ3) is 6.90. The molecule has 1 saturated heterocycles. The van der Waals surface area contributed by atoms with Crippen molar-refractivity contribution in [1.29, 1.82) is 0 Å². The Labute approximate surface area is 231 Å². The molecule has 202 valence electrons. The highest BCUT2D eigenvalue weighted by Crippen LogP contribution is 2.39. The molecule has 0 bridgehead atoms. The first-order valence-corrected chi connectivity index (χ1v) is 13.8. The monoisotopic (exact) mass is 545 g/mol. The zero-order valence-electron chi connectivity index (χ0n) is 21.9. The summed E-state index contributed by atoms with van der Waals surface area (Å²) in [6.07, 6.45) is -0.0977. The number of thioether (sulfide) groups is 1. The fourth-order valence-electron chi connectivity index (χ4n) is 4.45. The fraction of sp³-hybridized carbons (Fsp3) is 0.310. The Bertz CT molecular complexity index is 1390. The van der Waals surface area contributed by atoms with Gasteiger partial charge >= 0.3 is 0 Å². The van der Waals surface area contributed by atoms with E-state index in [-0.39, 0.29) is 24.7 Å². The minimum atomic E-state index is -0.537. The largest absolute Gasteiger partial charge is 0.392 e. The summed E-state index contributed by atoms with van der Waals surface area (Å²) in [5, 5.41) is 24.7. The third-order valence-corrected chi connectivity index (χ3v) is 7.72. The molecule has 0 spiro atoms. The summed E-state index contributed by atoms with van der Waals surface area (Å²) < 4.78 is 14.5. The second kappa shape index (κ2) is 12.5. The molecule has 2 N–H and O–H groups in total. The second-order valence-electron chi connectivity index (χ2n) is 9.48. The highest BCUT2D eigenvalue weighted by Gasteiger charge is 2.32. The van der Waals surface area contributed by atoms with Crippen LogP contribution in [0.1, 0.15) is 48.0 Å². The number of nitrogens with one attached hydrogen (secondary N) is 1. The van der Waals surface area contributed by atoms with Crippen LogP contribution in [0.2, 0.25) is 0 Å². The first-order chi connectivity index (χ1) is 19.0. The summed E-state index contributed by atoms with van der Waals surface area (Å²) in [7, 11) is 1.82. The normalized spacial score (nSPS) is 19.1. The van der Waals surface area contributed by atoms with Gasteiger partial charge in [-0.3, -0.25) is 4.79 Å². The van der Waals surface area contributed by atoms with E-state index in [2.05, 4.69) is 45.1 Å². The van der Waals surface area contributed by atoms with Gasteiger partial charge in [0.25, 0.3) is 0 Å². The van der Waals surface area contributed by atoms with Crippen molar-refractivity contribution >= 4 is 17.7 Å². The Morgan fingerprint density at radius 1 is 1.03 bits per heavy atom. The number of aliphatic hydroxyl groups is 1. The van der Waals surface area contributed by atoms with Gasteiger partial charge in [0.1, 0.15) is 0 Å². The molecule has 0 unspecified atom stereocenters. The molecule has 1 amide bonds. The van der Waals surface area contributed by atoms with Gasteiger partial charge in [-0.05, 0) is 44.3 Å². The fourth-order valence-corrected chi connectivity index (χ4v) is 5.32. The van der Waals surface area contributed by atoms with Crippen molar-refractivity contribution in [3.8, 4) is 11.1 Å². The van der Waals surface area contributed by atoms with Crippen molar-refractivity contribution in [2.45, 2.75) is 50.2 Å². The average molecular weight is 546 g/mol. The quantitative estimate of drug-likeness (QED) is 0.299. The molecule has 0 aliphatic carbocycles. The number of hydrogen-bond donors (Lipinski definition) is 2. The number of nitrogens with zero attached hydrogens (tertiary/aromatic N) is 4. The zero-order chi connectivity index (χ0) is 27.2. The van der Waals surface area contributed by atoms with Gasteiger partial charge in [0, 0.05) is 38.3 Å². The minimum absolute atomic E-state index is 0.00500. The number of rotatable bonds is 9. The van der Waals surface area contributed by atoms with Crippen molar-refractivity contribution < 1.29 is 19.4 Å². The van der Waals surface area contributed by atoms with E-state index >= 15 is 0 Å². The van der Waals surface area contributed by atoms with Crippen molar-refractivity contribution in [2.24, 2.45) is 7.05 Å². The lowest BCUT2D eigenvalue weighted by molar-refractivity contribution is -0.245. The predicted molar refractivity (Wildman–Crippen MR) is 147 cm³/mol. The number of tetrazole rings is 1.